The number of halogens is 2. The number of benzene rings is 1. The first-order valence-electron chi connectivity index (χ1n) is 8.10. The van der Waals surface area contributed by atoms with Gasteiger partial charge in [-0.15, -0.1) is 4.33 Å². The second kappa shape index (κ2) is 9.11. The lowest BCUT2D eigenvalue weighted by molar-refractivity contribution is -0.185. The van der Waals surface area contributed by atoms with Gasteiger partial charge in [0.2, 0.25) is 10.0 Å². The first kappa shape index (κ1) is 22.4. The molecule has 1 heterocycles. The highest BCUT2D eigenvalue weighted by atomic mass is 35.5. The monoisotopic (exact) mass is 448 g/mol. The van der Waals surface area contributed by atoms with Gasteiger partial charge < -0.3 is 0 Å². The van der Waals surface area contributed by atoms with Crippen LogP contribution in [0.2, 0.25) is 5.02 Å². The Morgan fingerprint density at radius 3 is 2.64 bits per heavy atom. The Labute approximate surface area is 172 Å². The van der Waals surface area contributed by atoms with Crippen molar-refractivity contribution in [2.24, 2.45) is 7.05 Å². The van der Waals surface area contributed by atoms with Gasteiger partial charge in [0.25, 0.3) is 0 Å². The van der Waals surface area contributed by atoms with Crippen LogP contribution in [0.3, 0.4) is 0 Å². The van der Waals surface area contributed by atoms with Crippen molar-refractivity contribution in [2.75, 3.05) is 16.1 Å². The zero-order valence-corrected chi connectivity index (χ0v) is 18.0. The molecule has 12 heteroatoms. The van der Waals surface area contributed by atoms with E-state index in [1.165, 1.54) is 17.7 Å². The lowest BCUT2D eigenvalue weighted by Crippen LogP contribution is -2.26. The number of aryl methyl sites for hydroxylation is 1. The van der Waals surface area contributed by atoms with Crippen molar-refractivity contribution < 1.29 is 22.0 Å². The van der Waals surface area contributed by atoms with Crippen LogP contribution in [-0.4, -0.2) is 30.6 Å². The van der Waals surface area contributed by atoms with Gasteiger partial charge in [-0.05, 0) is 32.9 Å². The lowest BCUT2D eigenvalue weighted by Gasteiger charge is -2.22. The summed E-state index contributed by atoms with van der Waals surface area (Å²) >= 11 is 6.54. The first-order valence-corrected chi connectivity index (χ1v) is 10.8. The molecule has 28 heavy (non-hydrogen) atoms. The van der Waals surface area contributed by atoms with E-state index < -0.39 is 15.8 Å². The number of sulfonamides is 1. The second-order valence-corrected chi connectivity index (χ2v) is 8.91. The summed E-state index contributed by atoms with van der Waals surface area (Å²) in [5.41, 5.74) is 0.910. The number of nitrogens with zero attached hydrogens (tertiary/aromatic N) is 4. The quantitative estimate of drug-likeness (QED) is 0.199. The Kier molecular flexibility index (Phi) is 7.30. The van der Waals surface area contributed by atoms with Gasteiger partial charge in [-0.3, -0.25) is 4.68 Å². The molecule has 0 amide bonds. The van der Waals surface area contributed by atoms with Crippen molar-refractivity contribution in [2.45, 2.75) is 20.8 Å². The summed E-state index contributed by atoms with van der Waals surface area (Å²) in [6.07, 6.45) is 0. The van der Waals surface area contributed by atoms with Crippen LogP contribution in [0, 0.1) is 24.1 Å². The van der Waals surface area contributed by atoms with E-state index in [1.54, 1.807) is 20.9 Å². The molecule has 8 nitrogen and oxygen atoms in total. The van der Waals surface area contributed by atoms with Crippen molar-refractivity contribution in [1.82, 2.24) is 9.78 Å². The van der Waals surface area contributed by atoms with Gasteiger partial charge in [0, 0.05) is 18.2 Å². The Morgan fingerprint density at radius 2 is 2.11 bits per heavy atom. The minimum absolute atomic E-state index is 0.00214. The van der Waals surface area contributed by atoms with Crippen LogP contribution < -0.4 is 3.71 Å². The number of hydrogen-bond donors (Lipinski definition) is 0. The molecule has 0 fully saturated rings. The van der Waals surface area contributed by atoms with Gasteiger partial charge in [-0.2, -0.15) is 14.1 Å². The van der Waals surface area contributed by atoms with E-state index >= 15 is 0 Å². The van der Waals surface area contributed by atoms with Gasteiger partial charge in [0.1, 0.15) is 17.6 Å². The van der Waals surface area contributed by atoms with Gasteiger partial charge in [0.15, 0.2) is 12.2 Å². The van der Waals surface area contributed by atoms with Crippen molar-refractivity contribution in [1.29, 1.82) is 5.26 Å². The van der Waals surface area contributed by atoms with Crippen LogP contribution >= 0.6 is 23.8 Å². The normalized spacial score (nSPS) is 11.5. The fourth-order valence-corrected chi connectivity index (χ4v) is 4.56. The molecule has 0 unspecified atom stereocenters. The molecule has 0 saturated heterocycles. The van der Waals surface area contributed by atoms with Crippen LogP contribution in [0.15, 0.2) is 12.1 Å². The molecule has 0 spiro atoms. The Bertz CT molecular complexity index is 1020. The van der Waals surface area contributed by atoms with E-state index in [0.29, 0.717) is 17.8 Å². The highest BCUT2D eigenvalue weighted by molar-refractivity contribution is 8.12. The zero-order chi connectivity index (χ0) is 21.1. The minimum Gasteiger partial charge on any atom is -0.257 e. The summed E-state index contributed by atoms with van der Waals surface area (Å²) in [7, 11) is -2.28. The number of rotatable bonds is 8. The lowest BCUT2D eigenvalue weighted by atomic mass is 10.1. The molecule has 0 radical (unpaired) electrons. The molecule has 1 aromatic heterocycles. The predicted octanol–water partition coefficient (Wildman–Crippen LogP) is 3.75. The predicted molar refractivity (Wildman–Crippen MR) is 105 cm³/mol. The molecule has 0 bridgehead atoms. The maximum Gasteiger partial charge on any atom is 0.246 e. The topological polar surface area (TPSA) is 97.4 Å². The summed E-state index contributed by atoms with van der Waals surface area (Å²) < 4.78 is 46.6. The zero-order valence-electron chi connectivity index (χ0n) is 15.6. The number of hydrogen-bond acceptors (Lipinski definition) is 7. The molecular formula is C16H18ClFN4O4S2. The highest BCUT2D eigenvalue weighted by Crippen LogP contribution is 2.39. The summed E-state index contributed by atoms with van der Waals surface area (Å²) in [6, 6.07) is 4.24. The molecule has 152 valence electrons. The van der Waals surface area contributed by atoms with Crippen molar-refractivity contribution in [3.05, 3.63) is 34.2 Å². The van der Waals surface area contributed by atoms with Crippen LogP contribution in [0.1, 0.15) is 25.1 Å². The number of nitriles is 1. The third-order valence-electron chi connectivity index (χ3n) is 3.76. The van der Waals surface area contributed by atoms with Crippen molar-refractivity contribution in [3.8, 4) is 17.3 Å². The molecular weight excluding hydrogens is 431 g/mol. The van der Waals surface area contributed by atoms with E-state index in [1.807, 2.05) is 6.07 Å². The summed E-state index contributed by atoms with van der Waals surface area (Å²) in [4.78, 5) is 4.74. The third-order valence-corrected chi connectivity index (χ3v) is 6.85. The Morgan fingerprint density at radius 1 is 1.43 bits per heavy atom. The molecule has 0 aliphatic carbocycles. The standard InChI is InChI=1S/C16H18ClFN4O4S2/c1-5-25-26-27-22(28(23,24)6-2)14-7-11(13(18)8-12(14)17)16-10(3)15(9-19)21(4)20-16/h7-8H,5-6H2,1-4H3. The van der Waals surface area contributed by atoms with Crippen LogP contribution in [-0.2, 0) is 26.3 Å². The summed E-state index contributed by atoms with van der Waals surface area (Å²) in [6.45, 7) is 4.93. The average molecular weight is 449 g/mol. The Balaban J connectivity index is 2.65. The molecule has 0 N–H and O–H groups in total. The maximum atomic E-state index is 14.6. The molecule has 0 saturated carbocycles. The van der Waals surface area contributed by atoms with Crippen LogP contribution in [0.25, 0.3) is 11.3 Å². The molecule has 1 aromatic carbocycles. The smallest absolute Gasteiger partial charge is 0.246 e. The SMILES string of the molecule is CCOOSN(c1cc(-c2nn(C)c(C#N)c2C)c(F)cc1Cl)S(=O)(=O)CC. The largest absolute Gasteiger partial charge is 0.257 e. The van der Waals surface area contributed by atoms with E-state index in [9.17, 15) is 18.1 Å². The molecule has 0 aliphatic rings. The van der Waals surface area contributed by atoms with Crippen LogP contribution in [0.5, 0.6) is 0 Å². The third kappa shape index (κ3) is 4.42. The fourth-order valence-electron chi connectivity index (χ4n) is 2.35. The fraction of sp³-hybridized carbons (Fsp3) is 0.375. The molecule has 2 rings (SSSR count). The van der Waals surface area contributed by atoms with Gasteiger partial charge in [0.05, 0.1) is 28.8 Å². The highest BCUT2D eigenvalue weighted by Gasteiger charge is 2.28. The maximum absolute atomic E-state index is 14.6. The number of aromatic nitrogens is 2. The van der Waals surface area contributed by atoms with E-state index in [4.69, 9.17) is 20.8 Å². The Hall–Kier alpha value is -1.84. The molecule has 0 atom stereocenters. The van der Waals surface area contributed by atoms with Crippen molar-refractivity contribution >= 4 is 39.5 Å². The van der Waals surface area contributed by atoms with E-state index in [2.05, 4.69) is 5.10 Å². The van der Waals surface area contributed by atoms with E-state index in [-0.39, 0.29) is 40.0 Å². The molecule has 0 aliphatic heterocycles. The van der Waals surface area contributed by atoms with Gasteiger partial charge in [-0.1, -0.05) is 11.6 Å². The van der Waals surface area contributed by atoms with E-state index in [0.717, 1.165) is 9.78 Å². The van der Waals surface area contributed by atoms with Gasteiger partial charge in [-0.25, -0.2) is 17.7 Å². The average Bonchev–Trinajstić information content (AvgIpc) is 2.93. The van der Waals surface area contributed by atoms with Gasteiger partial charge >= 0.3 is 0 Å². The van der Waals surface area contributed by atoms with Crippen molar-refractivity contribution in [3.63, 3.8) is 0 Å². The number of anilines is 1. The van der Waals surface area contributed by atoms with Crippen LogP contribution in [0.4, 0.5) is 10.1 Å². The molecule has 2 aromatic rings. The summed E-state index contributed by atoms with van der Waals surface area (Å²) in [5, 5.41) is 13.3. The second-order valence-electron chi connectivity index (χ2n) is 5.52. The minimum atomic E-state index is -3.84. The summed E-state index contributed by atoms with van der Waals surface area (Å²) in [5.74, 6) is -0.955. The first-order chi connectivity index (χ1) is 13.2.